The summed E-state index contributed by atoms with van der Waals surface area (Å²) in [6, 6.07) is 7.93. The van der Waals surface area contributed by atoms with E-state index in [-0.39, 0.29) is 17.6 Å². The highest BCUT2D eigenvalue weighted by molar-refractivity contribution is 7.89. The van der Waals surface area contributed by atoms with Gasteiger partial charge < -0.3 is 15.1 Å². The zero-order chi connectivity index (χ0) is 19.4. The molecule has 2 fully saturated rings. The molecule has 2 aliphatic rings. The van der Waals surface area contributed by atoms with Crippen LogP contribution in [-0.2, 0) is 14.8 Å². The fourth-order valence-electron chi connectivity index (χ4n) is 3.72. The van der Waals surface area contributed by atoms with E-state index < -0.39 is 10.0 Å². The SMILES string of the molecule is CCS(=O)(=O)N1CCC(C(=O)Nc2ccccc2N2CCN(C)CC2)CC1. The normalized spacial score (nSPS) is 20.6. The second-order valence-corrected chi connectivity index (χ2v) is 9.63. The summed E-state index contributed by atoms with van der Waals surface area (Å²) in [5, 5.41) is 3.09. The number of rotatable bonds is 5. The van der Waals surface area contributed by atoms with Gasteiger partial charge in [0.1, 0.15) is 0 Å². The van der Waals surface area contributed by atoms with Crippen LogP contribution >= 0.6 is 0 Å². The fraction of sp³-hybridized carbons (Fsp3) is 0.632. The summed E-state index contributed by atoms with van der Waals surface area (Å²) in [6.45, 7) is 6.40. The molecular weight excluding hydrogens is 364 g/mol. The molecule has 0 atom stereocenters. The van der Waals surface area contributed by atoms with Gasteiger partial charge in [0.2, 0.25) is 15.9 Å². The maximum absolute atomic E-state index is 12.8. The van der Waals surface area contributed by atoms with Gasteiger partial charge in [-0.15, -0.1) is 0 Å². The third kappa shape index (κ3) is 4.80. The molecule has 0 radical (unpaired) electrons. The molecule has 2 saturated heterocycles. The lowest BCUT2D eigenvalue weighted by Crippen LogP contribution is -2.45. The molecule has 0 aliphatic carbocycles. The predicted molar refractivity (Wildman–Crippen MR) is 109 cm³/mol. The van der Waals surface area contributed by atoms with E-state index in [1.807, 2.05) is 18.2 Å². The quantitative estimate of drug-likeness (QED) is 0.818. The number of benzene rings is 1. The van der Waals surface area contributed by atoms with Crippen molar-refractivity contribution in [1.82, 2.24) is 9.21 Å². The Morgan fingerprint density at radius 3 is 2.33 bits per heavy atom. The lowest BCUT2D eigenvalue weighted by atomic mass is 9.97. The first-order valence-corrected chi connectivity index (χ1v) is 11.3. The van der Waals surface area contributed by atoms with Crippen LogP contribution in [-0.4, -0.2) is 75.6 Å². The van der Waals surface area contributed by atoms with Gasteiger partial charge in [0.05, 0.1) is 17.1 Å². The third-order valence-electron chi connectivity index (χ3n) is 5.59. The molecule has 7 nitrogen and oxygen atoms in total. The van der Waals surface area contributed by atoms with Gasteiger partial charge in [-0.1, -0.05) is 12.1 Å². The average Bonchev–Trinajstić information content (AvgIpc) is 2.69. The van der Waals surface area contributed by atoms with E-state index in [0.717, 1.165) is 37.6 Å². The molecule has 2 aliphatic heterocycles. The van der Waals surface area contributed by atoms with Crippen LogP contribution in [0.15, 0.2) is 24.3 Å². The van der Waals surface area contributed by atoms with E-state index >= 15 is 0 Å². The Kier molecular flexibility index (Phi) is 6.39. The van der Waals surface area contributed by atoms with Crippen LogP contribution in [0.4, 0.5) is 11.4 Å². The molecule has 0 bridgehead atoms. The van der Waals surface area contributed by atoms with Crippen LogP contribution in [0.25, 0.3) is 0 Å². The monoisotopic (exact) mass is 394 g/mol. The van der Waals surface area contributed by atoms with Gasteiger partial charge >= 0.3 is 0 Å². The number of hydrogen-bond acceptors (Lipinski definition) is 5. The van der Waals surface area contributed by atoms with Crippen LogP contribution in [0.3, 0.4) is 0 Å². The van der Waals surface area contributed by atoms with Gasteiger partial charge in [-0.3, -0.25) is 4.79 Å². The summed E-state index contributed by atoms with van der Waals surface area (Å²) in [6.07, 6.45) is 1.14. The number of hydrogen-bond donors (Lipinski definition) is 1. The maximum Gasteiger partial charge on any atom is 0.227 e. The second kappa shape index (κ2) is 8.58. The molecule has 1 N–H and O–H groups in total. The molecule has 8 heteroatoms. The summed E-state index contributed by atoms with van der Waals surface area (Å²) in [4.78, 5) is 17.4. The van der Waals surface area contributed by atoms with Gasteiger partial charge in [-0.25, -0.2) is 12.7 Å². The minimum Gasteiger partial charge on any atom is -0.367 e. The van der Waals surface area contributed by atoms with Crippen molar-refractivity contribution in [2.45, 2.75) is 19.8 Å². The number of nitrogens with one attached hydrogen (secondary N) is 1. The van der Waals surface area contributed by atoms with Crippen molar-refractivity contribution in [3.8, 4) is 0 Å². The van der Waals surface area contributed by atoms with E-state index in [0.29, 0.717) is 25.9 Å². The highest BCUT2D eigenvalue weighted by Gasteiger charge is 2.30. The van der Waals surface area contributed by atoms with Gasteiger partial charge in [0.15, 0.2) is 0 Å². The molecule has 1 amide bonds. The predicted octanol–water partition coefficient (Wildman–Crippen LogP) is 1.44. The van der Waals surface area contributed by atoms with E-state index in [2.05, 4.69) is 28.2 Å². The highest BCUT2D eigenvalue weighted by atomic mass is 32.2. The second-order valence-electron chi connectivity index (χ2n) is 7.37. The molecule has 0 unspecified atom stereocenters. The number of amides is 1. The smallest absolute Gasteiger partial charge is 0.227 e. The minimum atomic E-state index is -3.16. The Morgan fingerprint density at radius 2 is 1.70 bits per heavy atom. The molecule has 0 aromatic heterocycles. The van der Waals surface area contributed by atoms with Crippen LogP contribution in [0.2, 0.25) is 0 Å². The number of carbonyl (C=O) groups excluding carboxylic acids is 1. The highest BCUT2D eigenvalue weighted by Crippen LogP contribution is 2.28. The first kappa shape index (κ1) is 20.1. The lowest BCUT2D eigenvalue weighted by molar-refractivity contribution is -0.120. The molecule has 0 saturated carbocycles. The first-order valence-electron chi connectivity index (χ1n) is 9.72. The Hall–Kier alpha value is -1.64. The maximum atomic E-state index is 12.8. The molecular formula is C19H30N4O3S. The van der Waals surface area contributed by atoms with Crippen molar-refractivity contribution in [2.24, 2.45) is 5.92 Å². The van der Waals surface area contributed by atoms with Gasteiger partial charge in [0, 0.05) is 45.2 Å². The number of nitrogens with zero attached hydrogens (tertiary/aromatic N) is 3. The summed E-state index contributed by atoms with van der Waals surface area (Å²) in [5.41, 5.74) is 1.90. The van der Waals surface area contributed by atoms with E-state index in [9.17, 15) is 13.2 Å². The average molecular weight is 395 g/mol. The van der Waals surface area contributed by atoms with E-state index in [4.69, 9.17) is 0 Å². The van der Waals surface area contributed by atoms with Crippen molar-refractivity contribution < 1.29 is 13.2 Å². The molecule has 1 aromatic carbocycles. The minimum absolute atomic E-state index is 0.00914. The number of sulfonamides is 1. The van der Waals surface area contributed by atoms with Gasteiger partial charge in [-0.2, -0.15) is 0 Å². The van der Waals surface area contributed by atoms with Gasteiger partial charge in [-0.05, 0) is 38.9 Å². The number of carbonyl (C=O) groups is 1. The first-order chi connectivity index (χ1) is 12.9. The van der Waals surface area contributed by atoms with Crippen molar-refractivity contribution in [3.05, 3.63) is 24.3 Å². The van der Waals surface area contributed by atoms with E-state index in [1.54, 1.807) is 6.92 Å². The fourth-order valence-corrected chi connectivity index (χ4v) is 4.85. The number of anilines is 2. The van der Waals surface area contributed by atoms with Crippen LogP contribution in [0.1, 0.15) is 19.8 Å². The molecule has 150 valence electrons. The third-order valence-corrected chi connectivity index (χ3v) is 7.47. The van der Waals surface area contributed by atoms with Crippen LogP contribution < -0.4 is 10.2 Å². The lowest BCUT2D eigenvalue weighted by Gasteiger charge is -2.35. The Bertz CT molecular complexity index is 752. The van der Waals surface area contributed by atoms with Crippen molar-refractivity contribution >= 4 is 27.3 Å². The Morgan fingerprint density at radius 1 is 1.07 bits per heavy atom. The van der Waals surface area contributed by atoms with Crippen LogP contribution in [0.5, 0.6) is 0 Å². The number of para-hydroxylation sites is 2. The Labute approximate surface area is 162 Å². The van der Waals surface area contributed by atoms with Gasteiger partial charge in [0.25, 0.3) is 0 Å². The van der Waals surface area contributed by atoms with Crippen molar-refractivity contribution in [2.75, 3.05) is 62.3 Å². The topological polar surface area (TPSA) is 73.0 Å². The number of piperazine rings is 1. The van der Waals surface area contributed by atoms with Crippen LogP contribution in [0, 0.1) is 5.92 Å². The summed E-state index contributed by atoms with van der Waals surface area (Å²) < 4.78 is 25.5. The molecule has 1 aromatic rings. The summed E-state index contributed by atoms with van der Waals surface area (Å²) in [7, 11) is -1.04. The number of piperidine rings is 1. The summed E-state index contributed by atoms with van der Waals surface area (Å²) >= 11 is 0. The largest absolute Gasteiger partial charge is 0.367 e. The van der Waals surface area contributed by atoms with Crippen molar-refractivity contribution in [1.29, 1.82) is 0 Å². The standard InChI is InChI=1S/C19H30N4O3S/c1-3-27(25,26)23-10-8-16(9-11-23)19(24)20-17-6-4-5-7-18(17)22-14-12-21(2)13-15-22/h4-7,16H,3,8-15H2,1-2H3,(H,20,24). The zero-order valence-corrected chi connectivity index (χ0v) is 17.0. The van der Waals surface area contributed by atoms with Crippen molar-refractivity contribution in [3.63, 3.8) is 0 Å². The molecule has 2 heterocycles. The zero-order valence-electron chi connectivity index (χ0n) is 16.2. The molecule has 27 heavy (non-hydrogen) atoms. The summed E-state index contributed by atoms with van der Waals surface area (Å²) in [5.74, 6) is -0.0404. The molecule has 0 spiro atoms. The molecule has 3 rings (SSSR count). The van der Waals surface area contributed by atoms with E-state index in [1.165, 1.54) is 4.31 Å². The Balaban J connectivity index is 1.62. The number of likely N-dealkylation sites (N-methyl/N-ethyl adjacent to an activating group) is 1.